The number of aromatic nitrogens is 2. The molecule has 3 heterocycles. The van der Waals surface area contributed by atoms with Crippen LogP contribution in [-0.4, -0.2) is 51.2 Å². The summed E-state index contributed by atoms with van der Waals surface area (Å²) in [6.07, 6.45) is 4.66. The van der Waals surface area contributed by atoms with E-state index in [1.807, 2.05) is 11.8 Å². The molecule has 8 heteroatoms. The van der Waals surface area contributed by atoms with E-state index in [9.17, 15) is 9.59 Å². The van der Waals surface area contributed by atoms with Gasteiger partial charge in [0, 0.05) is 22.3 Å². The number of carbonyl (C=O) groups is 2. The fourth-order valence-corrected chi connectivity index (χ4v) is 5.47. The molecule has 0 spiro atoms. The number of hydrogen-bond donors (Lipinski definition) is 0. The van der Waals surface area contributed by atoms with Gasteiger partial charge in [-0.3, -0.25) is 9.59 Å². The quantitative estimate of drug-likeness (QED) is 0.427. The lowest BCUT2D eigenvalue weighted by Crippen LogP contribution is -2.49. The number of thiophene rings is 1. The number of hydrogen-bond acceptors (Lipinski definition) is 7. The fraction of sp³-hybridized carbons (Fsp3) is 0.579. The molecular weight excluding hydrogens is 382 g/mol. The van der Waals surface area contributed by atoms with E-state index >= 15 is 0 Å². The van der Waals surface area contributed by atoms with Crippen molar-refractivity contribution in [3.05, 3.63) is 16.8 Å². The summed E-state index contributed by atoms with van der Waals surface area (Å²) < 4.78 is 5.23. The topological polar surface area (TPSA) is 72.4 Å². The van der Waals surface area contributed by atoms with Crippen LogP contribution in [0.15, 0.2) is 11.4 Å². The van der Waals surface area contributed by atoms with E-state index in [1.165, 1.54) is 23.0 Å². The van der Waals surface area contributed by atoms with Crippen molar-refractivity contribution >= 4 is 45.2 Å². The highest BCUT2D eigenvalue weighted by Crippen LogP contribution is 2.34. The first kappa shape index (κ1) is 20.1. The Hall–Kier alpha value is -1.67. The Bertz CT molecular complexity index is 842. The minimum absolute atomic E-state index is 0.109. The number of aryl methyl sites for hydroxylation is 2. The number of nitrogens with zero attached hydrogens (tertiary/aromatic N) is 3. The zero-order valence-electron chi connectivity index (χ0n) is 16.2. The first-order valence-electron chi connectivity index (χ1n) is 9.18. The van der Waals surface area contributed by atoms with Gasteiger partial charge in [-0.15, -0.1) is 11.3 Å². The lowest BCUT2D eigenvalue weighted by atomic mass is 9.97. The van der Waals surface area contributed by atoms with Gasteiger partial charge in [-0.05, 0) is 52.5 Å². The molecule has 27 heavy (non-hydrogen) atoms. The third kappa shape index (κ3) is 4.43. The molecule has 1 amide bonds. The molecular formula is C19H25N3O3S2. The summed E-state index contributed by atoms with van der Waals surface area (Å²) in [7, 11) is 0. The van der Waals surface area contributed by atoms with Crippen molar-refractivity contribution in [3.8, 4) is 0 Å². The lowest BCUT2D eigenvalue weighted by molar-refractivity contribution is -0.153. The maximum absolute atomic E-state index is 12.4. The first-order chi connectivity index (χ1) is 12.9. The maximum Gasteiger partial charge on any atom is 0.316 e. The van der Waals surface area contributed by atoms with Crippen LogP contribution in [0.25, 0.3) is 10.2 Å². The van der Waals surface area contributed by atoms with Crippen LogP contribution in [0.2, 0.25) is 0 Å². The van der Waals surface area contributed by atoms with Crippen LogP contribution in [0.5, 0.6) is 0 Å². The van der Waals surface area contributed by atoms with Gasteiger partial charge < -0.3 is 9.64 Å². The Labute approximate surface area is 167 Å². The molecule has 0 bridgehead atoms. The number of fused-ring (bicyclic) bond motifs is 1. The second kappa shape index (κ2) is 8.56. The summed E-state index contributed by atoms with van der Waals surface area (Å²) in [6, 6.07) is 0.405. The summed E-state index contributed by atoms with van der Waals surface area (Å²) in [5.74, 6) is -0.387. The van der Waals surface area contributed by atoms with E-state index in [0.29, 0.717) is 0 Å². The predicted octanol–water partition coefficient (Wildman–Crippen LogP) is 3.73. The van der Waals surface area contributed by atoms with Crippen molar-refractivity contribution in [2.75, 3.05) is 12.4 Å². The van der Waals surface area contributed by atoms with Crippen molar-refractivity contribution in [2.24, 2.45) is 0 Å². The third-order valence-electron chi connectivity index (χ3n) is 5.10. The molecule has 1 saturated heterocycles. The van der Waals surface area contributed by atoms with Crippen LogP contribution in [-0.2, 0) is 14.3 Å². The Kier molecular flexibility index (Phi) is 6.37. The average Bonchev–Trinajstić information content (AvgIpc) is 2.93. The van der Waals surface area contributed by atoms with Crippen LogP contribution in [0.3, 0.4) is 0 Å². The summed E-state index contributed by atoms with van der Waals surface area (Å²) in [6.45, 7) is 8.01. The number of rotatable bonds is 5. The average molecular weight is 408 g/mol. The van der Waals surface area contributed by atoms with Gasteiger partial charge in [0.1, 0.15) is 16.2 Å². The van der Waals surface area contributed by atoms with Crippen LogP contribution in [0.1, 0.15) is 43.6 Å². The molecule has 0 N–H and O–H groups in total. The Morgan fingerprint density at radius 1 is 1.26 bits per heavy atom. The van der Waals surface area contributed by atoms with Crippen LogP contribution < -0.4 is 0 Å². The van der Waals surface area contributed by atoms with E-state index in [4.69, 9.17) is 4.74 Å². The predicted molar refractivity (Wildman–Crippen MR) is 108 cm³/mol. The van der Waals surface area contributed by atoms with Crippen molar-refractivity contribution in [2.45, 2.75) is 64.1 Å². The normalized spacial score (nSPS) is 20.1. The third-order valence-corrected chi connectivity index (χ3v) is 7.17. The Balaban J connectivity index is 1.55. The minimum Gasteiger partial charge on any atom is -0.455 e. The SMILES string of the molecule is Cc1sc2ncnc(SCC(=O)OCC(=O)N3[C@H](C)CCC[C@H]3C)c2c1C. The molecule has 2 aromatic rings. The molecule has 6 nitrogen and oxygen atoms in total. The van der Waals surface area contributed by atoms with E-state index in [2.05, 4.69) is 30.7 Å². The summed E-state index contributed by atoms with van der Waals surface area (Å²) in [5, 5.41) is 1.79. The molecule has 0 aromatic carbocycles. The van der Waals surface area contributed by atoms with Gasteiger partial charge in [0.25, 0.3) is 5.91 Å². The van der Waals surface area contributed by atoms with Crippen LogP contribution >= 0.6 is 23.1 Å². The molecule has 3 rings (SSSR count). The smallest absolute Gasteiger partial charge is 0.316 e. The maximum atomic E-state index is 12.4. The summed E-state index contributed by atoms with van der Waals surface area (Å²) >= 11 is 2.96. The second-order valence-corrected chi connectivity index (χ2v) is 9.19. The van der Waals surface area contributed by atoms with Crippen LogP contribution in [0.4, 0.5) is 0 Å². The summed E-state index contributed by atoms with van der Waals surface area (Å²) in [5.41, 5.74) is 1.15. The molecule has 1 aliphatic rings. The lowest BCUT2D eigenvalue weighted by Gasteiger charge is -2.38. The minimum atomic E-state index is -0.401. The largest absolute Gasteiger partial charge is 0.455 e. The molecule has 0 radical (unpaired) electrons. The number of ether oxygens (including phenoxy) is 1. The first-order valence-corrected chi connectivity index (χ1v) is 11.0. The highest BCUT2D eigenvalue weighted by atomic mass is 32.2. The van der Waals surface area contributed by atoms with Gasteiger partial charge in [-0.2, -0.15) is 0 Å². The van der Waals surface area contributed by atoms with E-state index in [1.54, 1.807) is 11.3 Å². The number of thioether (sulfide) groups is 1. The highest BCUT2D eigenvalue weighted by molar-refractivity contribution is 8.00. The standard InChI is InChI=1S/C19H25N3O3S2/c1-11-6-5-7-12(2)22(11)15(23)8-25-16(24)9-26-18-17-13(3)14(4)27-19(17)21-10-20-18/h10-12H,5-9H2,1-4H3/t11-,12-/m1/s1. The van der Waals surface area contributed by atoms with Gasteiger partial charge in [0.2, 0.25) is 0 Å². The number of likely N-dealkylation sites (tertiary alicyclic amines) is 1. The number of amides is 1. The molecule has 1 fully saturated rings. The van der Waals surface area contributed by atoms with E-state index < -0.39 is 5.97 Å². The zero-order chi connectivity index (χ0) is 19.6. The molecule has 0 unspecified atom stereocenters. The van der Waals surface area contributed by atoms with Gasteiger partial charge in [-0.25, -0.2) is 9.97 Å². The number of esters is 1. The Morgan fingerprint density at radius 2 is 1.96 bits per heavy atom. The van der Waals surface area contributed by atoms with E-state index in [0.717, 1.165) is 40.1 Å². The van der Waals surface area contributed by atoms with Gasteiger partial charge in [0.15, 0.2) is 6.61 Å². The van der Waals surface area contributed by atoms with Crippen molar-refractivity contribution in [1.82, 2.24) is 14.9 Å². The molecule has 0 aliphatic carbocycles. The summed E-state index contributed by atoms with van der Waals surface area (Å²) in [4.78, 5) is 37.2. The van der Waals surface area contributed by atoms with Gasteiger partial charge in [-0.1, -0.05) is 11.8 Å². The van der Waals surface area contributed by atoms with Crippen molar-refractivity contribution in [1.29, 1.82) is 0 Å². The monoisotopic (exact) mass is 407 g/mol. The number of piperidine rings is 1. The van der Waals surface area contributed by atoms with Crippen molar-refractivity contribution < 1.29 is 14.3 Å². The fourth-order valence-electron chi connectivity index (χ4n) is 3.56. The molecule has 2 atom stereocenters. The molecule has 1 aliphatic heterocycles. The number of carbonyl (C=O) groups excluding carboxylic acids is 2. The van der Waals surface area contributed by atoms with Crippen molar-refractivity contribution in [3.63, 3.8) is 0 Å². The second-order valence-electron chi connectivity index (χ2n) is 7.02. The molecule has 2 aromatic heterocycles. The Morgan fingerprint density at radius 3 is 2.67 bits per heavy atom. The van der Waals surface area contributed by atoms with Crippen LogP contribution in [0, 0.1) is 13.8 Å². The highest BCUT2D eigenvalue weighted by Gasteiger charge is 2.29. The van der Waals surface area contributed by atoms with E-state index in [-0.39, 0.29) is 30.4 Å². The van der Waals surface area contributed by atoms with Gasteiger partial charge in [0.05, 0.1) is 5.75 Å². The molecule has 146 valence electrons. The zero-order valence-corrected chi connectivity index (χ0v) is 17.8. The molecule has 0 saturated carbocycles. The van der Waals surface area contributed by atoms with Gasteiger partial charge >= 0.3 is 5.97 Å².